The number of hydrogen-bond acceptors (Lipinski definition) is 4. The van der Waals surface area contributed by atoms with Crippen LogP contribution in [-0.4, -0.2) is 50.7 Å². The second-order valence-electron chi connectivity index (χ2n) is 5.39. The van der Waals surface area contributed by atoms with Gasteiger partial charge in [-0.3, -0.25) is 0 Å². The van der Waals surface area contributed by atoms with Gasteiger partial charge in [0.05, 0.1) is 19.3 Å². The number of nitrogens with one attached hydrogen (secondary N) is 1. The lowest BCUT2D eigenvalue weighted by atomic mass is 9.64. The summed E-state index contributed by atoms with van der Waals surface area (Å²) in [6.45, 7) is 7.41. The molecule has 0 aromatic heterocycles. The third-order valence-corrected chi connectivity index (χ3v) is 3.75. The predicted molar refractivity (Wildman–Crippen MR) is 68.1 cm³/mol. The first kappa shape index (κ1) is 14.9. The normalized spacial score (nSPS) is 26.8. The van der Waals surface area contributed by atoms with Crippen molar-refractivity contribution in [2.75, 3.05) is 33.5 Å². The summed E-state index contributed by atoms with van der Waals surface area (Å²) in [7, 11) is 1.68. The van der Waals surface area contributed by atoms with Crippen molar-refractivity contribution in [3.8, 4) is 0 Å². The molecule has 1 fully saturated rings. The molecule has 17 heavy (non-hydrogen) atoms. The fraction of sp³-hybridized carbons (Fsp3) is 1.00. The van der Waals surface area contributed by atoms with Gasteiger partial charge in [-0.25, -0.2) is 0 Å². The van der Waals surface area contributed by atoms with Crippen molar-refractivity contribution in [1.82, 2.24) is 5.32 Å². The Hall–Kier alpha value is -0.160. The third kappa shape index (κ3) is 4.54. The summed E-state index contributed by atoms with van der Waals surface area (Å²) in [5, 5.41) is 13.1. The molecule has 0 spiro atoms. The van der Waals surface area contributed by atoms with E-state index in [2.05, 4.69) is 19.2 Å². The van der Waals surface area contributed by atoms with Crippen LogP contribution < -0.4 is 5.32 Å². The van der Waals surface area contributed by atoms with E-state index in [0.29, 0.717) is 19.3 Å². The number of rotatable bonds is 9. The Bertz CT molecular complexity index is 209. The molecule has 0 amide bonds. The quantitative estimate of drug-likeness (QED) is 0.599. The highest BCUT2D eigenvalue weighted by molar-refractivity contribution is 5.01. The molecular formula is C13H27NO3. The van der Waals surface area contributed by atoms with Crippen LogP contribution in [0.1, 0.15) is 33.1 Å². The standard InChI is InChI=1S/C13H27NO3/c1-13(2)11(10-12(13)15)14-6-4-5-7-17-9-8-16-3/h11-12,14-15H,4-10H2,1-3H3. The van der Waals surface area contributed by atoms with Crippen molar-refractivity contribution in [2.45, 2.75) is 45.3 Å². The maximum atomic E-state index is 9.60. The molecule has 2 unspecified atom stereocenters. The summed E-state index contributed by atoms with van der Waals surface area (Å²) >= 11 is 0. The van der Waals surface area contributed by atoms with E-state index in [-0.39, 0.29) is 11.5 Å². The fourth-order valence-electron chi connectivity index (χ4n) is 2.10. The Morgan fingerprint density at radius 2 is 2.00 bits per heavy atom. The topological polar surface area (TPSA) is 50.7 Å². The van der Waals surface area contributed by atoms with Crippen LogP contribution in [0.15, 0.2) is 0 Å². The molecule has 0 aliphatic heterocycles. The van der Waals surface area contributed by atoms with Crippen LogP contribution in [0.25, 0.3) is 0 Å². The van der Waals surface area contributed by atoms with Gasteiger partial charge in [0, 0.05) is 25.2 Å². The first-order valence-corrected chi connectivity index (χ1v) is 6.57. The smallest absolute Gasteiger partial charge is 0.0700 e. The molecule has 2 N–H and O–H groups in total. The van der Waals surface area contributed by atoms with Crippen LogP contribution >= 0.6 is 0 Å². The van der Waals surface area contributed by atoms with E-state index < -0.39 is 0 Å². The summed E-state index contributed by atoms with van der Waals surface area (Å²) < 4.78 is 10.3. The van der Waals surface area contributed by atoms with Crippen molar-refractivity contribution < 1.29 is 14.6 Å². The van der Waals surface area contributed by atoms with E-state index in [1.807, 2.05) is 0 Å². The number of aliphatic hydroxyl groups excluding tert-OH is 1. The second-order valence-corrected chi connectivity index (χ2v) is 5.39. The highest BCUT2D eigenvalue weighted by Gasteiger charge is 2.46. The van der Waals surface area contributed by atoms with Gasteiger partial charge in [-0.2, -0.15) is 0 Å². The Labute approximate surface area is 105 Å². The van der Waals surface area contributed by atoms with E-state index in [9.17, 15) is 5.11 Å². The zero-order valence-electron chi connectivity index (χ0n) is 11.4. The molecule has 0 radical (unpaired) electrons. The van der Waals surface area contributed by atoms with E-state index in [4.69, 9.17) is 9.47 Å². The van der Waals surface area contributed by atoms with Crippen LogP contribution in [0.4, 0.5) is 0 Å². The minimum absolute atomic E-state index is 0.0367. The molecule has 1 aliphatic carbocycles. The van der Waals surface area contributed by atoms with Crippen LogP contribution in [0.5, 0.6) is 0 Å². The maximum absolute atomic E-state index is 9.60. The molecule has 2 atom stereocenters. The lowest BCUT2D eigenvalue weighted by Crippen LogP contribution is -2.60. The predicted octanol–water partition coefficient (Wildman–Crippen LogP) is 1.18. The van der Waals surface area contributed by atoms with Gasteiger partial charge in [-0.15, -0.1) is 0 Å². The van der Waals surface area contributed by atoms with Crippen LogP contribution in [0, 0.1) is 5.41 Å². The molecule has 0 heterocycles. The lowest BCUT2D eigenvalue weighted by molar-refractivity contribution is -0.0723. The Balaban J connectivity index is 1.88. The first-order chi connectivity index (χ1) is 8.09. The molecule has 0 saturated heterocycles. The maximum Gasteiger partial charge on any atom is 0.0700 e. The van der Waals surface area contributed by atoms with Crippen molar-refractivity contribution >= 4 is 0 Å². The van der Waals surface area contributed by atoms with E-state index >= 15 is 0 Å². The van der Waals surface area contributed by atoms with Crippen LogP contribution in [-0.2, 0) is 9.47 Å². The van der Waals surface area contributed by atoms with Crippen molar-refractivity contribution in [3.05, 3.63) is 0 Å². The van der Waals surface area contributed by atoms with Gasteiger partial charge in [-0.05, 0) is 25.8 Å². The molecule has 4 heteroatoms. The van der Waals surface area contributed by atoms with Gasteiger partial charge in [0.2, 0.25) is 0 Å². The highest BCUT2D eigenvalue weighted by atomic mass is 16.5. The van der Waals surface area contributed by atoms with Crippen molar-refractivity contribution in [1.29, 1.82) is 0 Å². The monoisotopic (exact) mass is 245 g/mol. The fourth-order valence-corrected chi connectivity index (χ4v) is 2.10. The number of aliphatic hydroxyl groups is 1. The summed E-state index contributed by atoms with van der Waals surface area (Å²) in [4.78, 5) is 0. The molecule has 0 aromatic rings. The molecular weight excluding hydrogens is 218 g/mol. The number of hydrogen-bond donors (Lipinski definition) is 2. The minimum Gasteiger partial charge on any atom is -0.392 e. The molecule has 0 aromatic carbocycles. The van der Waals surface area contributed by atoms with Crippen LogP contribution in [0.2, 0.25) is 0 Å². The molecule has 1 aliphatic rings. The average molecular weight is 245 g/mol. The average Bonchev–Trinajstić information content (AvgIpc) is 2.31. The van der Waals surface area contributed by atoms with Gasteiger partial charge in [0.15, 0.2) is 0 Å². The molecule has 1 rings (SSSR count). The largest absolute Gasteiger partial charge is 0.392 e. The van der Waals surface area contributed by atoms with E-state index in [1.165, 1.54) is 0 Å². The molecule has 102 valence electrons. The Kier molecular flexibility index (Phi) is 6.41. The highest BCUT2D eigenvalue weighted by Crippen LogP contribution is 2.40. The summed E-state index contributed by atoms with van der Waals surface area (Å²) in [5.74, 6) is 0. The molecule has 4 nitrogen and oxygen atoms in total. The van der Waals surface area contributed by atoms with Crippen molar-refractivity contribution in [2.24, 2.45) is 5.41 Å². The SMILES string of the molecule is COCCOCCCCNC1CC(O)C1(C)C. The summed E-state index contributed by atoms with van der Waals surface area (Å²) in [6.07, 6.45) is 2.94. The van der Waals surface area contributed by atoms with Gasteiger partial charge in [-0.1, -0.05) is 13.8 Å². The van der Waals surface area contributed by atoms with Gasteiger partial charge < -0.3 is 19.9 Å². The molecule has 0 bridgehead atoms. The third-order valence-electron chi connectivity index (χ3n) is 3.75. The van der Waals surface area contributed by atoms with Gasteiger partial charge >= 0.3 is 0 Å². The Morgan fingerprint density at radius 3 is 2.59 bits per heavy atom. The van der Waals surface area contributed by atoms with Gasteiger partial charge in [0.1, 0.15) is 0 Å². The van der Waals surface area contributed by atoms with Gasteiger partial charge in [0.25, 0.3) is 0 Å². The second kappa shape index (κ2) is 7.31. The van der Waals surface area contributed by atoms with E-state index in [0.717, 1.165) is 32.4 Å². The summed E-state index contributed by atoms with van der Waals surface area (Å²) in [5.41, 5.74) is 0.0367. The molecule has 1 saturated carbocycles. The minimum atomic E-state index is -0.141. The van der Waals surface area contributed by atoms with Crippen LogP contribution in [0.3, 0.4) is 0 Å². The number of unbranched alkanes of at least 4 members (excludes halogenated alkanes) is 1. The number of methoxy groups -OCH3 is 1. The van der Waals surface area contributed by atoms with E-state index in [1.54, 1.807) is 7.11 Å². The Morgan fingerprint density at radius 1 is 1.24 bits per heavy atom. The van der Waals surface area contributed by atoms with Crippen molar-refractivity contribution in [3.63, 3.8) is 0 Å². The zero-order valence-corrected chi connectivity index (χ0v) is 11.4. The first-order valence-electron chi connectivity index (χ1n) is 6.57. The zero-order chi connectivity index (χ0) is 12.7. The summed E-state index contributed by atoms with van der Waals surface area (Å²) in [6, 6.07) is 0.465. The lowest BCUT2D eigenvalue weighted by Gasteiger charge is -2.49. The number of ether oxygens (including phenoxy) is 2.